The van der Waals surface area contributed by atoms with E-state index in [1.54, 1.807) is 0 Å². The molecule has 0 aliphatic carbocycles. The van der Waals surface area contributed by atoms with Crippen molar-refractivity contribution in [2.24, 2.45) is 0 Å². The lowest BCUT2D eigenvalue weighted by Gasteiger charge is -2.26. The Bertz CT molecular complexity index is 490. The maximum Gasteiger partial charge on any atom is 0.232 e. The topological polar surface area (TPSA) is 58.2 Å². The maximum atomic E-state index is 11.8. The molecule has 1 heterocycles. The molecule has 0 fully saturated rings. The second kappa shape index (κ2) is 6.10. The van der Waals surface area contributed by atoms with Crippen LogP contribution in [0, 0.1) is 0 Å². The van der Waals surface area contributed by atoms with Crippen molar-refractivity contribution in [2.75, 3.05) is 18.1 Å². The molecule has 2 rings (SSSR count). The number of thioether (sulfide) groups is 1. The minimum absolute atomic E-state index is 0.0101. The molecule has 1 aliphatic heterocycles. The normalized spacial score (nSPS) is 19.3. The van der Waals surface area contributed by atoms with Crippen molar-refractivity contribution in [3.63, 3.8) is 0 Å². The van der Waals surface area contributed by atoms with Crippen LogP contribution < -0.4 is 10.6 Å². The number of anilines is 1. The number of rotatable bonds is 4. The summed E-state index contributed by atoms with van der Waals surface area (Å²) < 4.78 is 0. The van der Waals surface area contributed by atoms with Crippen molar-refractivity contribution in [1.82, 2.24) is 5.32 Å². The highest BCUT2D eigenvalue weighted by Gasteiger charge is 2.25. The van der Waals surface area contributed by atoms with Gasteiger partial charge in [-0.25, -0.2) is 0 Å². The maximum absolute atomic E-state index is 11.8. The first kappa shape index (κ1) is 13.9. The van der Waals surface area contributed by atoms with Gasteiger partial charge in [0.05, 0.1) is 5.25 Å². The zero-order valence-corrected chi connectivity index (χ0v) is 11.9. The Morgan fingerprint density at radius 1 is 1.53 bits per heavy atom. The average Bonchev–Trinajstić information content (AvgIpc) is 2.43. The van der Waals surface area contributed by atoms with E-state index >= 15 is 0 Å². The molecule has 0 radical (unpaired) electrons. The number of benzene rings is 1. The zero-order valence-electron chi connectivity index (χ0n) is 11.1. The first-order valence-corrected chi connectivity index (χ1v) is 7.60. The highest BCUT2D eigenvalue weighted by molar-refractivity contribution is 7.99. The van der Waals surface area contributed by atoms with Crippen LogP contribution in [0.3, 0.4) is 0 Å². The summed E-state index contributed by atoms with van der Waals surface area (Å²) >= 11 is 1.51. The number of para-hydroxylation sites is 1. The molecule has 2 amide bonds. The summed E-state index contributed by atoms with van der Waals surface area (Å²) in [6.07, 6.45) is 2.33. The van der Waals surface area contributed by atoms with Gasteiger partial charge in [-0.2, -0.15) is 11.8 Å². The van der Waals surface area contributed by atoms with Crippen LogP contribution in [0.1, 0.15) is 24.8 Å². The van der Waals surface area contributed by atoms with E-state index in [2.05, 4.69) is 10.6 Å². The van der Waals surface area contributed by atoms with Crippen LogP contribution >= 0.6 is 11.8 Å². The van der Waals surface area contributed by atoms with Gasteiger partial charge in [0.2, 0.25) is 11.8 Å². The third-order valence-corrected chi connectivity index (χ3v) is 4.27. The summed E-state index contributed by atoms with van der Waals surface area (Å²) in [5.74, 6) is 0.0924. The lowest BCUT2D eigenvalue weighted by atomic mass is 9.90. The summed E-state index contributed by atoms with van der Waals surface area (Å²) in [5.41, 5.74) is 1.95. The van der Waals surface area contributed by atoms with E-state index in [1.807, 2.05) is 37.4 Å². The fourth-order valence-corrected chi connectivity index (χ4v) is 2.46. The molecule has 5 heteroatoms. The standard InChI is InChI=1S/C14H18N2O2S/c1-9(19-2)14(18)15-8-10-7-13(17)16-12-6-4-3-5-11(10)12/h3-6,9-10H,7-8H2,1-2H3,(H,15,18)(H,16,17)/t9-,10-/m0/s1. The molecule has 2 atom stereocenters. The summed E-state index contributed by atoms with van der Waals surface area (Å²) in [4.78, 5) is 23.4. The SMILES string of the molecule is CS[C@@H](C)C(=O)NC[C@@H]1CC(=O)Nc2ccccc21. The zero-order chi connectivity index (χ0) is 13.8. The lowest BCUT2D eigenvalue weighted by molar-refractivity contribution is -0.121. The molecule has 2 N–H and O–H groups in total. The van der Waals surface area contributed by atoms with Gasteiger partial charge in [0.15, 0.2) is 0 Å². The van der Waals surface area contributed by atoms with Crippen LogP contribution in [0.4, 0.5) is 5.69 Å². The third kappa shape index (κ3) is 3.29. The van der Waals surface area contributed by atoms with Crippen LogP contribution in [-0.2, 0) is 9.59 Å². The van der Waals surface area contributed by atoms with E-state index in [0.717, 1.165) is 11.3 Å². The van der Waals surface area contributed by atoms with E-state index in [4.69, 9.17) is 0 Å². The van der Waals surface area contributed by atoms with Gasteiger partial charge < -0.3 is 10.6 Å². The number of nitrogens with one attached hydrogen (secondary N) is 2. The first-order chi connectivity index (χ1) is 9.11. The van der Waals surface area contributed by atoms with Crippen LogP contribution in [0.25, 0.3) is 0 Å². The summed E-state index contributed by atoms with van der Waals surface area (Å²) in [7, 11) is 0. The van der Waals surface area contributed by atoms with Crippen LogP contribution in [0.15, 0.2) is 24.3 Å². The van der Waals surface area contributed by atoms with Crippen molar-refractivity contribution in [1.29, 1.82) is 0 Å². The van der Waals surface area contributed by atoms with E-state index in [9.17, 15) is 9.59 Å². The van der Waals surface area contributed by atoms with E-state index in [0.29, 0.717) is 13.0 Å². The van der Waals surface area contributed by atoms with Crippen molar-refractivity contribution >= 4 is 29.3 Å². The molecule has 1 aromatic carbocycles. The van der Waals surface area contributed by atoms with Gasteiger partial charge in [0.1, 0.15) is 0 Å². The van der Waals surface area contributed by atoms with E-state index in [1.165, 1.54) is 11.8 Å². The predicted octanol–water partition coefficient (Wildman–Crippen LogP) is 1.98. The van der Waals surface area contributed by atoms with Gasteiger partial charge in [0, 0.05) is 24.6 Å². The van der Waals surface area contributed by atoms with Gasteiger partial charge >= 0.3 is 0 Å². The minimum Gasteiger partial charge on any atom is -0.355 e. The van der Waals surface area contributed by atoms with Crippen molar-refractivity contribution in [2.45, 2.75) is 24.5 Å². The monoisotopic (exact) mass is 278 g/mol. The molecular formula is C14H18N2O2S. The average molecular weight is 278 g/mol. The van der Waals surface area contributed by atoms with Gasteiger partial charge in [-0.15, -0.1) is 0 Å². The first-order valence-electron chi connectivity index (χ1n) is 6.31. The molecule has 0 spiro atoms. The third-order valence-electron chi connectivity index (χ3n) is 3.35. The number of hydrogen-bond acceptors (Lipinski definition) is 3. The van der Waals surface area contributed by atoms with Crippen LogP contribution in [0.2, 0.25) is 0 Å². The van der Waals surface area contributed by atoms with Crippen molar-refractivity contribution in [3.05, 3.63) is 29.8 Å². The summed E-state index contributed by atoms with van der Waals surface area (Å²) in [5, 5.41) is 5.72. The molecule has 0 saturated carbocycles. The molecular weight excluding hydrogens is 260 g/mol. The summed E-state index contributed by atoms with van der Waals surface area (Å²) in [6, 6.07) is 7.75. The number of carbonyl (C=O) groups is 2. The quantitative estimate of drug-likeness (QED) is 0.885. The highest BCUT2D eigenvalue weighted by Crippen LogP contribution is 2.31. The van der Waals surface area contributed by atoms with Gasteiger partial charge in [-0.05, 0) is 24.8 Å². The Hall–Kier alpha value is -1.49. The highest BCUT2D eigenvalue weighted by atomic mass is 32.2. The number of fused-ring (bicyclic) bond motifs is 1. The van der Waals surface area contributed by atoms with Gasteiger partial charge in [-0.1, -0.05) is 18.2 Å². The molecule has 4 nitrogen and oxygen atoms in total. The Kier molecular flexibility index (Phi) is 4.47. The molecule has 0 bridgehead atoms. The number of carbonyl (C=O) groups excluding carboxylic acids is 2. The van der Waals surface area contributed by atoms with Crippen LogP contribution in [-0.4, -0.2) is 29.9 Å². The smallest absolute Gasteiger partial charge is 0.232 e. The second-order valence-corrected chi connectivity index (χ2v) is 5.84. The van der Waals surface area contributed by atoms with E-state index in [-0.39, 0.29) is 23.0 Å². The minimum atomic E-state index is -0.0624. The second-order valence-electron chi connectivity index (χ2n) is 4.66. The Morgan fingerprint density at radius 2 is 2.26 bits per heavy atom. The Balaban J connectivity index is 2.05. The van der Waals surface area contributed by atoms with Crippen molar-refractivity contribution < 1.29 is 9.59 Å². The molecule has 19 heavy (non-hydrogen) atoms. The fraction of sp³-hybridized carbons (Fsp3) is 0.429. The number of amides is 2. The predicted molar refractivity (Wildman–Crippen MR) is 78.4 cm³/mol. The molecule has 0 aromatic heterocycles. The Morgan fingerprint density at radius 3 is 3.00 bits per heavy atom. The van der Waals surface area contributed by atoms with Crippen molar-refractivity contribution in [3.8, 4) is 0 Å². The Labute approximate surface area is 117 Å². The largest absolute Gasteiger partial charge is 0.355 e. The molecule has 1 aliphatic rings. The molecule has 1 aromatic rings. The van der Waals surface area contributed by atoms with Crippen LogP contribution in [0.5, 0.6) is 0 Å². The van der Waals surface area contributed by atoms with Gasteiger partial charge in [0.25, 0.3) is 0 Å². The van der Waals surface area contributed by atoms with E-state index < -0.39 is 0 Å². The molecule has 0 saturated heterocycles. The number of hydrogen-bond donors (Lipinski definition) is 2. The molecule has 102 valence electrons. The lowest BCUT2D eigenvalue weighted by Crippen LogP contribution is -2.36. The fourth-order valence-electron chi connectivity index (χ4n) is 2.16. The molecule has 0 unspecified atom stereocenters. The summed E-state index contributed by atoms with van der Waals surface area (Å²) in [6.45, 7) is 2.38. The van der Waals surface area contributed by atoms with Gasteiger partial charge in [-0.3, -0.25) is 9.59 Å².